The third-order valence-corrected chi connectivity index (χ3v) is 4.06. The lowest BCUT2D eigenvalue weighted by Crippen LogP contribution is -1.98. The Labute approximate surface area is 87.9 Å². The average molecular weight is 211 g/mol. The first-order valence-electron chi connectivity index (χ1n) is 4.98. The Morgan fingerprint density at radius 1 is 1.29 bits per heavy atom. The third-order valence-electron chi connectivity index (χ3n) is 2.58. The highest BCUT2D eigenvalue weighted by atomic mass is 32.2. The van der Waals surface area contributed by atoms with Crippen LogP contribution >= 0.6 is 11.8 Å². The molecule has 1 nitrogen and oxygen atoms in total. The number of nitrogens with two attached hydrogens (primary N) is 1. The molecule has 2 N–H and O–H groups in total. The Hall–Kier alpha value is -0.700. The standard InChI is InChI=1S/C11H14FNS/c12-9-6-3-7-10(13)11(9)14-8-4-1-2-5-8/h3,6-8H,1-2,4-5,13H2. The van der Waals surface area contributed by atoms with Crippen molar-refractivity contribution in [1.29, 1.82) is 0 Å². The highest BCUT2D eigenvalue weighted by Gasteiger charge is 2.18. The summed E-state index contributed by atoms with van der Waals surface area (Å²) in [6.07, 6.45) is 4.93. The molecule has 1 aromatic rings. The minimum absolute atomic E-state index is 0.179. The molecule has 1 fully saturated rings. The maximum absolute atomic E-state index is 13.4. The van der Waals surface area contributed by atoms with Crippen LogP contribution in [0, 0.1) is 5.82 Å². The van der Waals surface area contributed by atoms with E-state index in [4.69, 9.17) is 5.73 Å². The van der Waals surface area contributed by atoms with Gasteiger partial charge in [-0.15, -0.1) is 11.8 Å². The van der Waals surface area contributed by atoms with Crippen molar-refractivity contribution in [2.75, 3.05) is 5.73 Å². The van der Waals surface area contributed by atoms with E-state index >= 15 is 0 Å². The number of hydrogen-bond donors (Lipinski definition) is 1. The van der Waals surface area contributed by atoms with Gasteiger partial charge in [0, 0.05) is 10.9 Å². The first-order valence-corrected chi connectivity index (χ1v) is 5.86. The molecule has 2 rings (SSSR count). The van der Waals surface area contributed by atoms with Crippen molar-refractivity contribution in [3.05, 3.63) is 24.0 Å². The van der Waals surface area contributed by atoms with E-state index in [-0.39, 0.29) is 5.82 Å². The number of hydrogen-bond acceptors (Lipinski definition) is 2. The van der Waals surface area contributed by atoms with Gasteiger partial charge in [0.1, 0.15) is 5.82 Å². The molecule has 1 aliphatic carbocycles. The van der Waals surface area contributed by atoms with Crippen LogP contribution in [0.1, 0.15) is 25.7 Å². The fourth-order valence-corrected chi connectivity index (χ4v) is 3.11. The highest BCUT2D eigenvalue weighted by Crippen LogP contribution is 2.38. The zero-order valence-corrected chi connectivity index (χ0v) is 8.82. The molecule has 0 atom stereocenters. The van der Waals surface area contributed by atoms with Crippen molar-refractivity contribution in [2.45, 2.75) is 35.8 Å². The summed E-state index contributed by atoms with van der Waals surface area (Å²) in [6, 6.07) is 4.90. The summed E-state index contributed by atoms with van der Waals surface area (Å²) in [7, 11) is 0. The molecule has 0 amide bonds. The number of benzene rings is 1. The molecular formula is C11H14FNS. The predicted octanol–water partition coefficient (Wildman–Crippen LogP) is 3.44. The molecule has 0 radical (unpaired) electrons. The topological polar surface area (TPSA) is 26.0 Å². The number of nitrogen functional groups attached to an aromatic ring is 1. The molecule has 1 saturated carbocycles. The monoisotopic (exact) mass is 211 g/mol. The van der Waals surface area contributed by atoms with Crippen molar-refractivity contribution < 1.29 is 4.39 Å². The maximum Gasteiger partial charge on any atom is 0.138 e. The average Bonchev–Trinajstić information content (AvgIpc) is 2.64. The predicted molar refractivity (Wildman–Crippen MR) is 58.9 cm³/mol. The van der Waals surface area contributed by atoms with E-state index in [1.807, 2.05) is 0 Å². The van der Waals surface area contributed by atoms with Crippen LogP contribution < -0.4 is 5.73 Å². The Balaban J connectivity index is 2.14. The molecule has 1 aromatic carbocycles. The summed E-state index contributed by atoms with van der Waals surface area (Å²) in [6.45, 7) is 0. The van der Waals surface area contributed by atoms with Crippen molar-refractivity contribution in [2.24, 2.45) is 0 Å². The van der Waals surface area contributed by atoms with Crippen LogP contribution in [-0.2, 0) is 0 Å². The largest absolute Gasteiger partial charge is 0.398 e. The molecule has 0 heterocycles. The zero-order valence-electron chi connectivity index (χ0n) is 8.00. The van der Waals surface area contributed by atoms with Crippen LogP contribution in [0.15, 0.2) is 23.1 Å². The Morgan fingerprint density at radius 3 is 2.64 bits per heavy atom. The van der Waals surface area contributed by atoms with Gasteiger partial charge >= 0.3 is 0 Å². The van der Waals surface area contributed by atoms with Crippen LogP contribution in [0.5, 0.6) is 0 Å². The minimum Gasteiger partial charge on any atom is -0.398 e. The second kappa shape index (κ2) is 4.22. The summed E-state index contributed by atoms with van der Waals surface area (Å²) in [4.78, 5) is 0.638. The second-order valence-electron chi connectivity index (χ2n) is 3.68. The Bertz CT molecular complexity index is 301. The van der Waals surface area contributed by atoms with E-state index in [0.29, 0.717) is 15.8 Å². The molecule has 0 aromatic heterocycles. The summed E-state index contributed by atoms with van der Waals surface area (Å²) in [5.74, 6) is -0.179. The van der Waals surface area contributed by atoms with E-state index < -0.39 is 0 Å². The van der Waals surface area contributed by atoms with E-state index in [0.717, 1.165) is 0 Å². The smallest absolute Gasteiger partial charge is 0.138 e. The summed E-state index contributed by atoms with van der Waals surface area (Å²) < 4.78 is 13.4. The SMILES string of the molecule is Nc1cccc(F)c1SC1CCCC1. The summed E-state index contributed by atoms with van der Waals surface area (Å²) in [5.41, 5.74) is 6.31. The fourth-order valence-electron chi connectivity index (χ4n) is 1.82. The molecule has 0 unspecified atom stereocenters. The van der Waals surface area contributed by atoms with Crippen molar-refractivity contribution in [3.8, 4) is 0 Å². The molecule has 3 heteroatoms. The van der Waals surface area contributed by atoms with Crippen molar-refractivity contribution in [1.82, 2.24) is 0 Å². The number of anilines is 1. The van der Waals surface area contributed by atoms with Gasteiger partial charge in [0.15, 0.2) is 0 Å². The lowest BCUT2D eigenvalue weighted by Gasteiger charge is -2.11. The molecular weight excluding hydrogens is 197 g/mol. The van der Waals surface area contributed by atoms with Gasteiger partial charge in [-0.25, -0.2) is 4.39 Å². The summed E-state index contributed by atoms with van der Waals surface area (Å²) in [5, 5.41) is 0.564. The van der Waals surface area contributed by atoms with Gasteiger partial charge in [0.25, 0.3) is 0 Å². The Morgan fingerprint density at radius 2 is 2.00 bits per heavy atom. The van der Waals surface area contributed by atoms with Crippen LogP contribution in [0.4, 0.5) is 10.1 Å². The number of halogens is 1. The number of thioether (sulfide) groups is 1. The third kappa shape index (κ3) is 2.03. The van der Waals surface area contributed by atoms with E-state index in [1.54, 1.807) is 23.9 Å². The molecule has 0 aliphatic heterocycles. The van der Waals surface area contributed by atoms with Gasteiger partial charge in [-0.3, -0.25) is 0 Å². The maximum atomic E-state index is 13.4. The second-order valence-corrected chi connectivity index (χ2v) is 4.99. The Kier molecular flexibility index (Phi) is 2.96. The van der Waals surface area contributed by atoms with Crippen molar-refractivity contribution in [3.63, 3.8) is 0 Å². The molecule has 0 bridgehead atoms. The minimum atomic E-state index is -0.179. The van der Waals surface area contributed by atoms with Gasteiger partial charge < -0.3 is 5.73 Å². The first kappa shape index (κ1) is 9.84. The fraction of sp³-hybridized carbons (Fsp3) is 0.455. The molecule has 1 aliphatic rings. The van der Waals surface area contributed by atoms with E-state index in [1.165, 1.54) is 31.7 Å². The van der Waals surface area contributed by atoms with Gasteiger partial charge in [0.2, 0.25) is 0 Å². The lowest BCUT2D eigenvalue weighted by atomic mass is 10.3. The normalized spacial score (nSPS) is 17.5. The van der Waals surface area contributed by atoms with Crippen molar-refractivity contribution >= 4 is 17.4 Å². The lowest BCUT2D eigenvalue weighted by molar-refractivity contribution is 0.603. The van der Waals surface area contributed by atoms with E-state index in [9.17, 15) is 4.39 Å². The van der Waals surface area contributed by atoms with Gasteiger partial charge in [-0.2, -0.15) is 0 Å². The molecule has 0 spiro atoms. The van der Waals surface area contributed by atoms with E-state index in [2.05, 4.69) is 0 Å². The van der Waals surface area contributed by atoms with Crippen LogP contribution in [0.3, 0.4) is 0 Å². The van der Waals surface area contributed by atoms with Crippen LogP contribution in [0.25, 0.3) is 0 Å². The van der Waals surface area contributed by atoms with Gasteiger partial charge in [-0.1, -0.05) is 18.9 Å². The first-order chi connectivity index (χ1) is 6.77. The van der Waals surface area contributed by atoms with Gasteiger partial charge in [-0.05, 0) is 25.0 Å². The van der Waals surface area contributed by atoms with Crippen LogP contribution in [-0.4, -0.2) is 5.25 Å². The quantitative estimate of drug-likeness (QED) is 0.758. The van der Waals surface area contributed by atoms with Crippen LogP contribution in [0.2, 0.25) is 0 Å². The summed E-state index contributed by atoms with van der Waals surface area (Å²) >= 11 is 1.60. The molecule has 76 valence electrons. The molecule has 14 heavy (non-hydrogen) atoms. The zero-order chi connectivity index (χ0) is 9.97. The van der Waals surface area contributed by atoms with Gasteiger partial charge in [0.05, 0.1) is 4.90 Å². The highest BCUT2D eigenvalue weighted by molar-refractivity contribution is 8.00. The molecule has 0 saturated heterocycles. The number of rotatable bonds is 2.